The van der Waals surface area contributed by atoms with Crippen molar-refractivity contribution in [2.75, 3.05) is 0 Å². The molecular weight excluding hydrogens is 440 g/mol. The molecule has 5 rings (SSSR count). The summed E-state index contributed by atoms with van der Waals surface area (Å²) in [5.41, 5.74) is -1.37. The monoisotopic (exact) mass is 486 g/mol. The third-order valence-electron chi connectivity index (χ3n) is 13.2. The molecule has 0 aromatic heterocycles. The molecule has 5 saturated carbocycles. The summed E-state index contributed by atoms with van der Waals surface area (Å²) in [6.45, 7) is 17.2. The minimum Gasteiger partial charge on any atom is -0.481 e. The zero-order chi connectivity index (χ0) is 25.9. The Kier molecular flexibility index (Phi) is 5.40. The van der Waals surface area contributed by atoms with Gasteiger partial charge in [-0.05, 0) is 92.3 Å². The molecule has 0 aromatic carbocycles. The van der Waals surface area contributed by atoms with Crippen LogP contribution in [0.2, 0.25) is 0 Å². The second kappa shape index (κ2) is 7.43. The molecule has 0 saturated heterocycles. The number of allylic oxidation sites excluding steroid dienone is 1. The highest BCUT2D eigenvalue weighted by Gasteiger charge is 2.76. The summed E-state index contributed by atoms with van der Waals surface area (Å²) >= 11 is 0. The van der Waals surface area contributed by atoms with E-state index in [0.717, 1.165) is 31.3 Å². The molecule has 0 amide bonds. The number of aliphatic hydroxyl groups excluding tert-OH is 2. The van der Waals surface area contributed by atoms with Crippen molar-refractivity contribution in [1.29, 1.82) is 0 Å². The first-order valence-electron chi connectivity index (χ1n) is 13.9. The Bertz CT molecular complexity index is 970. The lowest BCUT2D eigenvalue weighted by atomic mass is 9.31. The average molecular weight is 487 g/mol. The van der Waals surface area contributed by atoms with Gasteiger partial charge in [0.1, 0.15) is 5.78 Å². The normalized spacial score (nSPS) is 54.7. The lowest BCUT2D eigenvalue weighted by molar-refractivity contribution is -0.291. The van der Waals surface area contributed by atoms with Crippen molar-refractivity contribution < 1.29 is 24.9 Å². The first-order chi connectivity index (χ1) is 16.1. The number of carboxylic acid groups (broad SMARTS) is 1. The number of carbonyl (C=O) groups is 2. The van der Waals surface area contributed by atoms with Gasteiger partial charge in [-0.15, -0.1) is 0 Å². The molecule has 0 radical (unpaired) electrons. The van der Waals surface area contributed by atoms with E-state index in [9.17, 15) is 24.9 Å². The van der Waals surface area contributed by atoms with Crippen LogP contribution in [0.15, 0.2) is 12.2 Å². The summed E-state index contributed by atoms with van der Waals surface area (Å²) in [4.78, 5) is 25.7. The molecule has 5 aliphatic rings. The van der Waals surface area contributed by atoms with Crippen LogP contribution in [0.1, 0.15) is 92.9 Å². The number of carbonyl (C=O) groups excluding carboxylic acids is 1. The number of rotatable bonds is 2. The maximum atomic E-state index is 12.9. The van der Waals surface area contributed by atoms with E-state index in [4.69, 9.17) is 0 Å². The first kappa shape index (κ1) is 25.4. The lowest BCUT2D eigenvalue weighted by Gasteiger charge is -2.73. The molecule has 0 spiro atoms. The molecular formula is C30H46O5. The molecule has 0 unspecified atom stereocenters. The predicted octanol–water partition coefficient (Wildman–Crippen LogP) is 5.24. The fraction of sp³-hybridized carbons (Fsp3) is 0.867. The van der Waals surface area contributed by atoms with Gasteiger partial charge in [0.05, 0.1) is 17.6 Å². The number of Topliss-reactive ketones (excluding diaryl/α,β-unsaturated/α-hetero) is 1. The molecule has 0 bridgehead atoms. The topological polar surface area (TPSA) is 94.8 Å². The third kappa shape index (κ3) is 2.83. The van der Waals surface area contributed by atoms with Crippen molar-refractivity contribution in [3.63, 3.8) is 0 Å². The van der Waals surface area contributed by atoms with Crippen LogP contribution < -0.4 is 0 Å². The molecule has 0 aliphatic heterocycles. The van der Waals surface area contributed by atoms with E-state index in [1.54, 1.807) is 0 Å². The van der Waals surface area contributed by atoms with Gasteiger partial charge in [0.15, 0.2) is 0 Å². The van der Waals surface area contributed by atoms with E-state index >= 15 is 0 Å². The summed E-state index contributed by atoms with van der Waals surface area (Å²) in [5.74, 6) is -0.381. The number of hydrogen-bond donors (Lipinski definition) is 3. The molecule has 35 heavy (non-hydrogen) atoms. The Morgan fingerprint density at radius 2 is 1.69 bits per heavy atom. The van der Waals surface area contributed by atoms with Crippen LogP contribution in [-0.2, 0) is 9.59 Å². The number of aliphatic hydroxyl groups is 2. The fourth-order valence-corrected chi connectivity index (χ4v) is 11.5. The second-order valence-electron chi connectivity index (χ2n) is 14.5. The Labute approximate surface area is 210 Å². The second-order valence-corrected chi connectivity index (χ2v) is 14.5. The van der Waals surface area contributed by atoms with Crippen molar-refractivity contribution in [3.8, 4) is 0 Å². The number of fused-ring (bicyclic) bond motifs is 7. The van der Waals surface area contributed by atoms with Crippen molar-refractivity contribution in [2.45, 2.75) is 105 Å². The van der Waals surface area contributed by atoms with E-state index in [0.29, 0.717) is 25.0 Å². The van der Waals surface area contributed by atoms with Gasteiger partial charge in [0.25, 0.3) is 0 Å². The molecule has 5 nitrogen and oxygen atoms in total. The molecule has 196 valence electrons. The largest absolute Gasteiger partial charge is 0.481 e. The van der Waals surface area contributed by atoms with E-state index in [2.05, 4.69) is 41.2 Å². The van der Waals surface area contributed by atoms with E-state index in [-0.39, 0.29) is 46.8 Å². The number of carboxylic acids is 1. The zero-order valence-electron chi connectivity index (χ0n) is 22.6. The van der Waals surface area contributed by atoms with Gasteiger partial charge in [-0.2, -0.15) is 0 Å². The zero-order valence-corrected chi connectivity index (χ0v) is 22.6. The van der Waals surface area contributed by atoms with Crippen LogP contribution in [0.25, 0.3) is 0 Å². The summed E-state index contributed by atoms with van der Waals surface area (Å²) < 4.78 is 0. The van der Waals surface area contributed by atoms with Crippen LogP contribution in [0.3, 0.4) is 0 Å². The van der Waals surface area contributed by atoms with Gasteiger partial charge in [-0.1, -0.05) is 46.8 Å². The third-order valence-corrected chi connectivity index (χ3v) is 13.2. The Morgan fingerprint density at radius 1 is 1.03 bits per heavy atom. The van der Waals surface area contributed by atoms with Crippen molar-refractivity contribution in [1.82, 2.24) is 0 Å². The molecule has 11 atom stereocenters. The molecule has 0 aromatic rings. The number of ketones is 1. The van der Waals surface area contributed by atoms with Gasteiger partial charge in [0.2, 0.25) is 0 Å². The van der Waals surface area contributed by atoms with Crippen molar-refractivity contribution in [2.24, 2.45) is 56.7 Å². The van der Waals surface area contributed by atoms with E-state index in [1.165, 1.54) is 0 Å². The van der Waals surface area contributed by atoms with Gasteiger partial charge < -0.3 is 15.3 Å². The Balaban J connectivity index is 1.65. The molecule has 3 N–H and O–H groups in total. The maximum Gasteiger partial charge on any atom is 0.310 e. The highest BCUT2D eigenvalue weighted by atomic mass is 16.4. The van der Waals surface area contributed by atoms with E-state index < -0.39 is 34.4 Å². The lowest BCUT2D eigenvalue weighted by Crippen LogP contribution is -2.73. The summed E-state index contributed by atoms with van der Waals surface area (Å²) in [7, 11) is 0. The number of hydrogen-bond acceptors (Lipinski definition) is 4. The fourth-order valence-electron chi connectivity index (χ4n) is 11.5. The van der Waals surface area contributed by atoms with Gasteiger partial charge in [0, 0.05) is 17.3 Å². The Hall–Kier alpha value is -1.20. The molecule has 5 fully saturated rings. The summed E-state index contributed by atoms with van der Waals surface area (Å²) in [6, 6.07) is 0. The van der Waals surface area contributed by atoms with Crippen LogP contribution in [0.5, 0.6) is 0 Å². The summed E-state index contributed by atoms with van der Waals surface area (Å²) in [6.07, 6.45) is 3.94. The average Bonchev–Trinajstić information content (AvgIpc) is 3.14. The molecule has 5 aliphatic carbocycles. The molecule has 0 heterocycles. The quantitative estimate of drug-likeness (QED) is 0.464. The minimum absolute atomic E-state index is 0.0287. The predicted molar refractivity (Wildman–Crippen MR) is 134 cm³/mol. The standard InChI is InChI=1S/C30H46O5/c1-16(2)17-8-13-30(25(34)35)15-22(33)29(7)18(23(17)30)14-19(31)24-27(5)11-10-21(32)26(3,4)20(27)9-12-28(24,29)6/h17-20,22-24,31,33H,1,8-15H2,2-7H3,(H,34,35)/t17-,18+,19+,20-,22-,23+,24+,27-,28+,29-,30-/m0/s1. The highest BCUT2D eigenvalue weighted by molar-refractivity contribution is 5.85. The SMILES string of the molecule is C=C(C)[C@@H]1CC[C@]2(C(=O)O)C[C@H](O)[C@]3(C)[C@H](C[C@@H](O)[C@@H]4[C@@]5(C)CCC(=O)C(C)(C)[C@@H]5CC[C@]43C)[C@@H]12. The van der Waals surface area contributed by atoms with Gasteiger partial charge in [-0.3, -0.25) is 9.59 Å². The molecule has 5 heteroatoms. The number of aliphatic carboxylic acids is 1. The summed E-state index contributed by atoms with van der Waals surface area (Å²) in [5, 5.41) is 34.4. The Morgan fingerprint density at radius 3 is 2.29 bits per heavy atom. The highest BCUT2D eigenvalue weighted by Crippen LogP contribution is 2.77. The van der Waals surface area contributed by atoms with Crippen molar-refractivity contribution in [3.05, 3.63) is 12.2 Å². The van der Waals surface area contributed by atoms with Crippen LogP contribution >= 0.6 is 0 Å². The van der Waals surface area contributed by atoms with Gasteiger partial charge >= 0.3 is 5.97 Å². The van der Waals surface area contributed by atoms with Crippen molar-refractivity contribution >= 4 is 11.8 Å². The van der Waals surface area contributed by atoms with Crippen LogP contribution in [0, 0.1) is 56.7 Å². The minimum atomic E-state index is -0.948. The van der Waals surface area contributed by atoms with Crippen LogP contribution in [-0.4, -0.2) is 39.3 Å². The van der Waals surface area contributed by atoms with Crippen LogP contribution in [0.4, 0.5) is 0 Å². The van der Waals surface area contributed by atoms with E-state index in [1.807, 2.05) is 6.92 Å². The van der Waals surface area contributed by atoms with Gasteiger partial charge in [-0.25, -0.2) is 0 Å². The first-order valence-corrected chi connectivity index (χ1v) is 13.9. The smallest absolute Gasteiger partial charge is 0.310 e. The maximum absolute atomic E-state index is 12.9.